The third-order valence-corrected chi connectivity index (χ3v) is 5.69. The Balaban J connectivity index is 2.16. The predicted octanol–water partition coefficient (Wildman–Crippen LogP) is 2.51. The quantitative estimate of drug-likeness (QED) is 0.617. The Hall–Kier alpha value is -3.06. The van der Waals surface area contributed by atoms with Crippen LogP contribution in [0.4, 0.5) is 0 Å². The van der Waals surface area contributed by atoms with E-state index in [0.717, 1.165) is 27.8 Å². The standard InChI is InChI=1S/C21H21NO5S/c1-12-17(8-13-4-5-14(22)9-20(13)28(24)25)16-7-6-15(26-2)10-19(16)18(12)11-21(23)27-3/h4-10,13H,11,22H2,1-3H3. The Labute approximate surface area is 165 Å². The highest BCUT2D eigenvalue weighted by molar-refractivity contribution is 7.73. The highest BCUT2D eigenvalue weighted by Crippen LogP contribution is 2.44. The highest BCUT2D eigenvalue weighted by Gasteiger charge is 2.27. The Bertz CT molecular complexity index is 1100. The van der Waals surface area contributed by atoms with Gasteiger partial charge in [-0.3, -0.25) is 4.79 Å². The lowest BCUT2D eigenvalue weighted by Gasteiger charge is -2.14. The molecule has 146 valence electrons. The van der Waals surface area contributed by atoms with Crippen molar-refractivity contribution < 1.29 is 22.7 Å². The van der Waals surface area contributed by atoms with Crippen molar-refractivity contribution in [3.63, 3.8) is 0 Å². The van der Waals surface area contributed by atoms with Crippen LogP contribution in [0.2, 0.25) is 0 Å². The molecule has 6 nitrogen and oxygen atoms in total. The van der Waals surface area contributed by atoms with E-state index >= 15 is 0 Å². The first-order valence-electron chi connectivity index (χ1n) is 8.64. The van der Waals surface area contributed by atoms with E-state index in [9.17, 15) is 13.2 Å². The van der Waals surface area contributed by atoms with E-state index in [0.29, 0.717) is 11.4 Å². The molecule has 0 bridgehead atoms. The molecule has 2 aliphatic carbocycles. The van der Waals surface area contributed by atoms with Gasteiger partial charge in [0.2, 0.25) is 10.3 Å². The number of carbonyl (C=O) groups excluding carboxylic acids is 1. The molecule has 3 rings (SSSR count). The Kier molecular flexibility index (Phi) is 5.56. The van der Waals surface area contributed by atoms with Crippen LogP contribution in [0, 0.1) is 5.92 Å². The average Bonchev–Trinajstić information content (AvgIpc) is 2.93. The van der Waals surface area contributed by atoms with Crippen LogP contribution in [0.15, 0.2) is 53.8 Å². The summed E-state index contributed by atoms with van der Waals surface area (Å²) in [6.45, 7) is 1.92. The van der Waals surface area contributed by atoms with Crippen molar-refractivity contribution in [3.05, 3.63) is 64.9 Å². The first-order valence-corrected chi connectivity index (χ1v) is 9.72. The van der Waals surface area contributed by atoms with E-state index in [1.807, 2.05) is 31.2 Å². The molecule has 2 aliphatic rings. The number of carbonyl (C=O) groups is 1. The van der Waals surface area contributed by atoms with E-state index < -0.39 is 16.2 Å². The van der Waals surface area contributed by atoms with Gasteiger partial charge in [0, 0.05) is 11.6 Å². The molecule has 1 unspecified atom stereocenters. The van der Waals surface area contributed by atoms with Gasteiger partial charge in [0.15, 0.2) is 0 Å². The van der Waals surface area contributed by atoms with Gasteiger partial charge in [-0.05, 0) is 59.1 Å². The Morgan fingerprint density at radius 3 is 2.64 bits per heavy atom. The van der Waals surface area contributed by atoms with Crippen LogP contribution in [-0.4, -0.2) is 33.5 Å². The van der Waals surface area contributed by atoms with E-state index in [4.69, 9.17) is 15.2 Å². The summed E-state index contributed by atoms with van der Waals surface area (Å²) >= 11 is 0. The summed E-state index contributed by atoms with van der Waals surface area (Å²) in [7, 11) is 0.542. The third kappa shape index (κ3) is 3.66. The maximum Gasteiger partial charge on any atom is 0.310 e. The fraction of sp³-hybridized carbons (Fsp3) is 0.238. The molecule has 0 spiro atoms. The van der Waals surface area contributed by atoms with E-state index in [2.05, 4.69) is 0 Å². The molecule has 1 aromatic carbocycles. The second-order valence-corrected chi connectivity index (χ2v) is 7.46. The normalized spacial score (nSPS) is 19.5. The largest absolute Gasteiger partial charge is 0.497 e. The molecule has 0 aliphatic heterocycles. The number of nitrogens with two attached hydrogens (primary N) is 1. The lowest BCUT2D eigenvalue weighted by atomic mass is 9.93. The number of methoxy groups -OCH3 is 2. The van der Waals surface area contributed by atoms with Gasteiger partial charge in [-0.25, -0.2) is 0 Å². The van der Waals surface area contributed by atoms with Crippen molar-refractivity contribution in [2.45, 2.75) is 13.3 Å². The molecular formula is C21H21NO5S. The molecule has 0 saturated heterocycles. The third-order valence-electron chi connectivity index (χ3n) is 4.92. The number of rotatable bonds is 4. The van der Waals surface area contributed by atoms with Crippen molar-refractivity contribution >= 4 is 32.3 Å². The van der Waals surface area contributed by atoms with Crippen molar-refractivity contribution in [1.29, 1.82) is 0 Å². The minimum absolute atomic E-state index is 0.122. The number of fused-ring (bicyclic) bond motifs is 1. The summed E-state index contributed by atoms with van der Waals surface area (Å²) in [5, 5.41) is 0. The fourth-order valence-corrected chi connectivity index (χ4v) is 4.06. The molecule has 7 heteroatoms. The predicted molar refractivity (Wildman–Crippen MR) is 109 cm³/mol. The van der Waals surface area contributed by atoms with Gasteiger partial charge in [-0.1, -0.05) is 18.2 Å². The Morgan fingerprint density at radius 1 is 1.25 bits per heavy atom. The second kappa shape index (κ2) is 7.90. The van der Waals surface area contributed by atoms with E-state index in [1.54, 1.807) is 19.3 Å². The second-order valence-electron chi connectivity index (χ2n) is 6.51. The smallest absolute Gasteiger partial charge is 0.310 e. The van der Waals surface area contributed by atoms with Crippen LogP contribution < -0.4 is 10.5 Å². The summed E-state index contributed by atoms with van der Waals surface area (Å²) in [5.74, 6) is -0.107. The minimum Gasteiger partial charge on any atom is -0.497 e. The van der Waals surface area contributed by atoms with Crippen LogP contribution in [0.5, 0.6) is 5.75 Å². The first-order chi connectivity index (χ1) is 13.3. The van der Waals surface area contributed by atoms with E-state index in [-0.39, 0.29) is 17.3 Å². The monoisotopic (exact) mass is 399 g/mol. The molecule has 0 aromatic heterocycles. The van der Waals surface area contributed by atoms with Gasteiger partial charge in [-0.2, -0.15) is 8.42 Å². The topological polar surface area (TPSA) is 95.7 Å². The number of esters is 1. The maximum atomic E-state index is 11.9. The van der Waals surface area contributed by atoms with Gasteiger partial charge in [-0.15, -0.1) is 0 Å². The SMILES string of the molecule is COC(=O)CC1=C(C)C(=CC2C=CC(N)=CC2=S(=O)=O)c2ccc(OC)cc21. The molecule has 0 radical (unpaired) electrons. The molecule has 28 heavy (non-hydrogen) atoms. The Morgan fingerprint density at radius 2 is 2.00 bits per heavy atom. The van der Waals surface area contributed by atoms with Crippen molar-refractivity contribution in [2.24, 2.45) is 11.7 Å². The van der Waals surface area contributed by atoms with Crippen LogP contribution in [-0.2, 0) is 19.8 Å². The molecule has 0 heterocycles. The highest BCUT2D eigenvalue weighted by atomic mass is 32.2. The molecule has 0 fully saturated rings. The van der Waals surface area contributed by atoms with Crippen molar-refractivity contribution in [3.8, 4) is 5.75 Å². The van der Waals surface area contributed by atoms with Crippen molar-refractivity contribution in [1.82, 2.24) is 0 Å². The summed E-state index contributed by atoms with van der Waals surface area (Å²) in [5.41, 5.74) is 10.6. The minimum atomic E-state index is -2.39. The summed E-state index contributed by atoms with van der Waals surface area (Å²) in [6, 6.07) is 5.63. The van der Waals surface area contributed by atoms with Gasteiger partial charge in [0.25, 0.3) is 0 Å². The number of hydrogen-bond donors (Lipinski definition) is 1. The average molecular weight is 399 g/mol. The number of allylic oxidation sites excluding steroid dienone is 6. The molecular weight excluding hydrogens is 378 g/mol. The first kappa shape index (κ1) is 19.7. The number of ether oxygens (including phenoxy) is 2. The van der Waals surface area contributed by atoms with Gasteiger partial charge < -0.3 is 15.2 Å². The zero-order valence-electron chi connectivity index (χ0n) is 15.9. The number of benzene rings is 1. The zero-order valence-corrected chi connectivity index (χ0v) is 16.7. The zero-order chi connectivity index (χ0) is 20.4. The molecule has 1 aromatic rings. The maximum absolute atomic E-state index is 11.9. The molecule has 0 amide bonds. The van der Waals surface area contributed by atoms with Crippen LogP contribution in [0.25, 0.3) is 11.1 Å². The number of hydrogen-bond acceptors (Lipinski definition) is 6. The molecule has 0 saturated carbocycles. The fourth-order valence-electron chi connectivity index (χ4n) is 3.46. The van der Waals surface area contributed by atoms with Crippen LogP contribution in [0.1, 0.15) is 24.5 Å². The molecule has 2 N–H and O–H groups in total. The van der Waals surface area contributed by atoms with Gasteiger partial charge >= 0.3 is 5.97 Å². The lowest BCUT2D eigenvalue weighted by molar-refractivity contribution is -0.139. The lowest BCUT2D eigenvalue weighted by Crippen LogP contribution is -2.15. The summed E-state index contributed by atoms with van der Waals surface area (Å²) in [6.07, 6.45) is 6.91. The summed E-state index contributed by atoms with van der Waals surface area (Å²) < 4.78 is 33.5. The van der Waals surface area contributed by atoms with Crippen molar-refractivity contribution in [2.75, 3.05) is 14.2 Å². The summed E-state index contributed by atoms with van der Waals surface area (Å²) in [4.78, 5) is 12.1. The molecule has 1 atom stereocenters. The van der Waals surface area contributed by atoms with Crippen LogP contribution in [0.3, 0.4) is 0 Å². The van der Waals surface area contributed by atoms with Crippen LogP contribution >= 0.6 is 0 Å². The van der Waals surface area contributed by atoms with Gasteiger partial charge in [0.1, 0.15) is 5.75 Å². The van der Waals surface area contributed by atoms with E-state index in [1.165, 1.54) is 13.2 Å². The van der Waals surface area contributed by atoms with Gasteiger partial charge in [0.05, 0.1) is 25.5 Å².